The van der Waals surface area contributed by atoms with E-state index in [2.05, 4.69) is 159 Å². The number of ketones is 2. The van der Waals surface area contributed by atoms with Crippen LogP contribution in [0.1, 0.15) is 108 Å². The van der Waals surface area contributed by atoms with E-state index in [4.69, 9.17) is 33.1 Å². The average molecular weight is 1490 g/mol. The van der Waals surface area contributed by atoms with Crippen molar-refractivity contribution >= 4 is 180 Å². The smallest absolute Gasteiger partial charge is 0.270 e. The average Bonchev–Trinajstić information content (AvgIpc) is 1.49. The van der Waals surface area contributed by atoms with Crippen molar-refractivity contribution in [2.75, 3.05) is 0 Å². The van der Waals surface area contributed by atoms with E-state index < -0.39 is 10.8 Å². The van der Waals surface area contributed by atoms with Crippen molar-refractivity contribution in [2.45, 2.75) is 49.3 Å². The van der Waals surface area contributed by atoms with Gasteiger partial charge < -0.3 is 0 Å². The minimum atomic E-state index is -0.745. The molecule has 0 amide bonds. The summed E-state index contributed by atoms with van der Waals surface area (Å²) in [5.41, 5.74) is 18.9. The fraction of sp³-hybridized carbons (Fsp3) is 0.0952. The number of aryl methyl sites for hydroxylation is 4. The third-order valence-corrected chi connectivity index (χ3v) is 31.5. The van der Waals surface area contributed by atoms with Gasteiger partial charge >= 0.3 is 0 Å². The zero-order valence-corrected chi connectivity index (χ0v) is 61.9. The van der Waals surface area contributed by atoms with E-state index in [1.165, 1.54) is 150 Å². The van der Waals surface area contributed by atoms with Gasteiger partial charge in [0.05, 0.1) is 69.7 Å². The van der Waals surface area contributed by atoms with Crippen molar-refractivity contribution in [3.05, 3.63) is 320 Å². The molecule has 103 heavy (non-hydrogen) atoms. The minimum absolute atomic E-state index is 0.115. The van der Waals surface area contributed by atoms with Crippen LogP contribution in [0.5, 0.6) is 0 Å². The number of nitriles is 2. The maximum absolute atomic E-state index is 13.9. The van der Waals surface area contributed by atoms with Crippen LogP contribution in [-0.2, 0) is 10.8 Å². The van der Waals surface area contributed by atoms with Crippen LogP contribution >= 0.6 is 103 Å². The van der Waals surface area contributed by atoms with Crippen LogP contribution in [0.3, 0.4) is 0 Å². The van der Waals surface area contributed by atoms with Gasteiger partial charge in [0.15, 0.2) is 21.2 Å². The van der Waals surface area contributed by atoms with E-state index in [0.717, 1.165) is 29.5 Å². The number of fused-ring (bicyclic) bond motifs is 16. The van der Waals surface area contributed by atoms with Crippen molar-refractivity contribution in [3.8, 4) is 42.9 Å². The Kier molecular flexibility index (Phi) is 14.0. The summed E-state index contributed by atoms with van der Waals surface area (Å²) in [6.45, 7) is 24.3. The molecule has 14 aromatic rings. The van der Waals surface area contributed by atoms with Gasteiger partial charge in [0, 0.05) is 63.7 Å². The van der Waals surface area contributed by atoms with Crippen LogP contribution in [0, 0.1) is 63.5 Å². The molecule has 2 atom stereocenters. The predicted octanol–water partition coefficient (Wildman–Crippen LogP) is 22.8. The molecule has 10 nitrogen and oxygen atoms in total. The summed E-state index contributed by atoms with van der Waals surface area (Å²) in [4.78, 5) is 61.8. The number of hydrogen-bond acceptors (Lipinski definition) is 17. The lowest BCUT2D eigenvalue weighted by Crippen LogP contribution is -2.30. The van der Waals surface area contributed by atoms with E-state index in [9.17, 15) is 20.1 Å². The van der Waals surface area contributed by atoms with E-state index >= 15 is 0 Å². The molecule has 0 spiro atoms. The van der Waals surface area contributed by atoms with E-state index in [0.29, 0.717) is 54.6 Å². The molecule has 2 aliphatic heterocycles. The number of carbonyl (C=O) groups is 2. The van der Waals surface area contributed by atoms with Crippen LogP contribution in [0.25, 0.3) is 95.5 Å². The Morgan fingerprint density at radius 3 is 1.45 bits per heavy atom. The number of Topliss-reactive ketones (excluding diaryl/α,β-unsaturated/α-hetero) is 2. The van der Waals surface area contributed by atoms with Gasteiger partial charge in [-0.2, -0.15) is 0 Å². The first-order chi connectivity index (χ1) is 50.2. The van der Waals surface area contributed by atoms with Gasteiger partial charge in [0.1, 0.15) is 25.8 Å². The highest BCUT2D eigenvalue weighted by Crippen LogP contribution is 2.69. The van der Waals surface area contributed by atoms with Crippen molar-refractivity contribution in [1.29, 1.82) is 10.5 Å². The van der Waals surface area contributed by atoms with Gasteiger partial charge in [0.2, 0.25) is 0 Å². The van der Waals surface area contributed by atoms with E-state index in [1.807, 2.05) is 69.6 Å². The zero-order chi connectivity index (χ0) is 69.6. The van der Waals surface area contributed by atoms with Crippen molar-refractivity contribution in [2.24, 2.45) is 9.98 Å². The lowest BCUT2D eigenvalue weighted by Gasteiger charge is -2.35. The van der Waals surface area contributed by atoms with Gasteiger partial charge in [-0.05, 0) is 120 Å². The molecule has 0 saturated carbocycles. The minimum Gasteiger partial charge on any atom is -0.289 e. The van der Waals surface area contributed by atoms with E-state index in [-0.39, 0.29) is 33.7 Å². The molecule has 20 rings (SSSR count). The second-order valence-corrected chi connectivity index (χ2v) is 35.7. The summed E-state index contributed by atoms with van der Waals surface area (Å²) >= 11 is 15.4. The molecule has 2 unspecified atom stereocenters. The number of nitrogens with zero attached hydrogens (tertiary/aromatic N) is 8. The second-order valence-electron chi connectivity index (χ2n) is 26.2. The van der Waals surface area contributed by atoms with Gasteiger partial charge in [-0.15, -0.1) is 56.7 Å². The maximum atomic E-state index is 13.9. The normalized spacial score (nSPS) is 18.8. The molecular weight excluding hydrogens is 1440 g/mol. The second kappa shape index (κ2) is 23.1. The van der Waals surface area contributed by atoms with Crippen LogP contribution in [-0.4, -0.2) is 42.4 Å². The summed E-state index contributed by atoms with van der Waals surface area (Å²) in [6.07, 6.45) is 3.46. The molecule has 0 saturated heterocycles. The molecular formula is C84H44N8O2S9. The molecule has 7 aromatic carbocycles. The number of allylic oxidation sites excluding steroid dienone is 6. The summed E-state index contributed by atoms with van der Waals surface area (Å²) in [6, 6.07) is 65.2. The van der Waals surface area contributed by atoms with Crippen molar-refractivity contribution in [1.82, 2.24) is 9.97 Å². The quantitative estimate of drug-likeness (QED) is 0.0832. The van der Waals surface area contributed by atoms with Crippen LogP contribution < -0.4 is 0 Å². The highest BCUT2D eigenvalue weighted by molar-refractivity contribution is 8.20. The lowest BCUT2D eigenvalue weighted by molar-refractivity contribution is 0.103. The highest BCUT2D eigenvalue weighted by atomic mass is 32.2. The first-order valence-corrected chi connectivity index (χ1v) is 40.3. The van der Waals surface area contributed by atoms with Gasteiger partial charge in [-0.25, -0.2) is 30.2 Å². The molecule has 19 heteroatoms. The maximum Gasteiger partial charge on any atom is 0.270 e. The number of benzene rings is 7. The highest BCUT2D eigenvalue weighted by Gasteiger charge is 2.55. The third kappa shape index (κ3) is 8.90. The van der Waals surface area contributed by atoms with Crippen LogP contribution in [0.4, 0.5) is 0 Å². The summed E-state index contributed by atoms with van der Waals surface area (Å²) < 4.78 is 7.43. The topological polar surface area (TPSA) is 141 Å². The molecule has 6 aliphatic rings. The van der Waals surface area contributed by atoms with Gasteiger partial charge in [-0.3, -0.25) is 19.6 Å². The number of rotatable bonds is 8. The Balaban J connectivity index is 0.737. The number of aromatic nitrogens is 2. The molecule has 0 fully saturated rings. The largest absolute Gasteiger partial charge is 0.289 e. The predicted molar refractivity (Wildman–Crippen MR) is 429 cm³/mol. The fourth-order valence-corrected chi connectivity index (χ4v) is 27.6. The number of thiazole rings is 2. The number of thioether (sulfide) groups is 2. The third-order valence-electron chi connectivity index (χ3n) is 20.5. The summed E-state index contributed by atoms with van der Waals surface area (Å²) in [7, 11) is 0. The van der Waals surface area contributed by atoms with Crippen LogP contribution in [0.2, 0.25) is 0 Å². The molecule has 7 aromatic heterocycles. The van der Waals surface area contributed by atoms with Gasteiger partial charge in [-0.1, -0.05) is 214 Å². The lowest BCUT2D eigenvalue weighted by atomic mass is 9.65. The molecule has 486 valence electrons. The first-order valence-electron chi connectivity index (χ1n) is 32.8. The zero-order valence-electron chi connectivity index (χ0n) is 54.5. The van der Waals surface area contributed by atoms with Gasteiger partial charge in [0.25, 0.3) is 11.4 Å². The SMILES string of the molecule is [C-]#[N+]/C(C#N)=C1\C(=C\c2nc3sc(-c4cc5sc6c7c(sc6c5s4)-c4cc5c(cc4C7(c4ccc(C)cc4)c4ccc(C)cc4)-c4sc6cc(C7=NC8SC(/C=C9\C(=O)c%10ccccc%10\C9=C(\C#N)[N+]#[C-])=NC8S7)sc6c4C5(c4ccc(C)cc4)c4ccc(C)cc4)nc3s2)C(=O)c2ccccc21. The summed E-state index contributed by atoms with van der Waals surface area (Å²) in [5, 5.41) is 22.6. The van der Waals surface area contributed by atoms with Crippen molar-refractivity contribution < 1.29 is 9.59 Å². The standard InChI is InChI=1S/C84H44N8O2S9/c1-39-15-23-43(24-16-39)83(44-25-17-40(2)18-26-44)55-32-52-56(31-51(55)71-67(83)73-59(95-71)35-61(97-73)77-91-81-79(102-77)89-63(99-81)33-53-65(57(37-85)87-5)47-11-7-9-13-49(47)69(53)93)84(45-27-19-41(3)20-28-45,46-29-21-42(4)22-30-46)68-72(52)101-76-74-60(96-75(68)76)36-62(98-74)78-92-82-80(103-78)90-64(100-82)34-54-66(58(38-86)88-6)48-12-8-10-14-50(48)70(54)94/h7-36,79,81H,1-4H3/b53-33-,54-34-,65-57+,66-58-. The Morgan fingerprint density at radius 2 is 0.932 bits per heavy atom. The molecule has 9 heterocycles. The van der Waals surface area contributed by atoms with Crippen molar-refractivity contribution in [3.63, 3.8) is 0 Å². The Hall–Kier alpha value is -10.4. The monoisotopic (exact) mass is 1480 g/mol. The number of carbonyl (C=O) groups excluding carboxylic acids is 2. The molecule has 0 N–H and O–H groups in total. The first kappa shape index (κ1) is 62.4. The Morgan fingerprint density at radius 1 is 0.466 bits per heavy atom. The Bertz CT molecular complexity index is 6480. The summed E-state index contributed by atoms with van der Waals surface area (Å²) in [5.74, 6) is -0.450. The number of thiophene rings is 5. The molecule has 0 bridgehead atoms. The Labute approximate surface area is 626 Å². The molecule has 0 radical (unpaired) electrons. The van der Waals surface area contributed by atoms with Crippen LogP contribution in [0.15, 0.2) is 208 Å². The fourth-order valence-electron chi connectivity index (χ4n) is 15.9. The van der Waals surface area contributed by atoms with E-state index in [1.54, 1.807) is 71.6 Å². The number of hydrogen-bond donors (Lipinski definition) is 0. The molecule has 4 aliphatic carbocycles. The number of aliphatic imine (C=N–C) groups is 2.